The molecule has 9 nitrogen and oxygen atoms in total. The highest BCUT2D eigenvalue weighted by atomic mass is 16.2. The van der Waals surface area contributed by atoms with E-state index in [0.717, 1.165) is 0 Å². The molecule has 23 heavy (non-hydrogen) atoms. The van der Waals surface area contributed by atoms with Gasteiger partial charge in [0.05, 0.1) is 12.7 Å². The van der Waals surface area contributed by atoms with Gasteiger partial charge in [-0.1, -0.05) is 0 Å². The van der Waals surface area contributed by atoms with Crippen molar-refractivity contribution in [2.45, 2.75) is 26.4 Å². The molecule has 0 unspecified atom stereocenters. The number of nitrogens with zero attached hydrogens (tertiary/aromatic N) is 6. The predicted molar refractivity (Wildman–Crippen MR) is 81.2 cm³/mol. The van der Waals surface area contributed by atoms with Crippen molar-refractivity contribution in [3.63, 3.8) is 0 Å². The summed E-state index contributed by atoms with van der Waals surface area (Å²) in [6, 6.07) is 1.79. The van der Waals surface area contributed by atoms with Crippen LogP contribution in [0, 0.1) is 0 Å². The van der Waals surface area contributed by atoms with E-state index in [1.807, 2.05) is 13.8 Å². The minimum Gasteiger partial charge on any atom is -0.343 e. The third-order valence-corrected chi connectivity index (χ3v) is 3.13. The van der Waals surface area contributed by atoms with Crippen molar-refractivity contribution in [3.05, 3.63) is 42.4 Å². The normalized spacial score (nSPS) is 10.9. The first kappa shape index (κ1) is 14.8. The lowest BCUT2D eigenvalue weighted by Gasteiger charge is -2.10. The van der Waals surface area contributed by atoms with Gasteiger partial charge >= 0.3 is 0 Å². The molecule has 1 amide bonds. The van der Waals surface area contributed by atoms with Crippen molar-refractivity contribution < 1.29 is 4.79 Å². The summed E-state index contributed by atoms with van der Waals surface area (Å²) in [5.74, 6) is 0.762. The van der Waals surface area contributed by atoms with Crippen molar-refractivity contribution in [3.8, 4) is 11.5 Å². The highest BCUT2D eigenvalue weighted by Gasteiger charge is 2.14. The number of hydrogen-bond donors (Lipinski definition) is 2. The number of amides is 1. The van der Waals surface area contributed by atoms with Crippen LogP contribution < -0.4 is 5.32 Å². The van der Waals surface area contributed by atoms with Crippen LogP contribution in [0.15, 0.2) is 30.9 Å². The SMILES string of the molecule is CC(C)n1nccc1C(=O)NCc1nc(-c2cnccn2)n[nH]1. The largest absolute Gasteiger partial charge is 0.343 e. The number of nitrogens with one attached hydrogen (secondary N) is 2. The average molecular weight is 312 g/mol. The number of aromatic amines is 1. The Balaban J connectivity index is 1.66. The van der Waals surface area contributed by atoms with Gasteiger partial charge in [0.1, 0.15) is 17.2 Å². The standard InChI is InChI=1S/C14H16N8O/c1-9(2)22-11(3-4-18-22)14(23)17-8-12-19-13(21-20-12)10-7-15-5-6-16-10/h3-7,9H,8H2,1-2H3,(H,17,23)(H,19,20,21). The fourth-order valence-corrected chi connectivity index (χ4v) is 2.06. The third-order valence-electron chi connectivity index (χ3n) is 3.13. The van der Waals surface area contributed by atoms with E-state index >= 15 is 0 Å². The molecule has 3 aromatic heterocycles. The first-order chi connectivity index (χ1) is 11.1. The van der Waals surface area contributed by atoms with Gasteiger partial charge in [0.2, 0.25) is 5.82 Å². The van der Waals surface area contributed by atoms with Gasteiger partial charge in [0.25, 0.3) is 5.91 Å². The van der Waals surface area contributed by atoms with Crippen LogP contribution in [0.1, 0.15) is 36.2 Å². The fraction of sp³-hybridized carbons (Fsp3) is 0.286. The lowest BCUT2D eigenvalue weighted by Crippen LogP contribution is -2.26. The second-order valence-corrected chi connectivity index (χ2v) is 5.13. The maximum atomic E-state index is 12.2. The molecule has 0 aliphatic heterocycles. The maximum absolute atomic E-state index is 12.2. The van der Waals surface area contributed by atoms with Crippen molar-refractivity contribution in [1.82, 2.24) is 40.2 Å². The zero-order valence-electron chi connectivity index (χ0n) is 12.8. The lowest BCUT2D eigenvalue weighted by atomic mass is 10.3. The monoisotopic (exact) mass is 312 g/mol. The van der Waals surface area contributed by atoms with Crippen molar-refractivity contribution in [2.75, 3.05) is 0 Å². The van der Waals surface area contributed by atoms with Crippen molar-refractivity contribution in [2.24, 2.45) is 0 Å². The first-order valence-electron chi connectivity index (χ1n) is 7.14. The Kier molecular flexibility index (Phi) is 4.09. The van der Waals surface area contributed by atoms with E-state index in [1.54, 1.807) is 35.5 Å². The molecular weight excluding hydrogens is 296 g/mol. The van der Waals surface area contributed by atoms with Crippen LogP contribution in [0.25, 0.3) is 11.5 Å². The molecule has 0 bridgehead atoms. The molecule has 0 atom stereocenters. The quantitative estimate of drug-likeness (QED) is 0.725. The van der Waals surface area contributed by atoms with Gasteiger partial charge in [0.15, 0.2) is 0 Å². The highest BCUT2D eigenvalue weighted by molar-refractivity contribution is 5.92. The smallest absolute Gasteiger partial charge is 0.269 e. The molecule has 3 rings (SSSR count). The van der Waals surface area contributed by atoms with E-state index in [1.165, 1.54) is 0 Å². The molecule has 0 aliphatic rings. The summed E-state index contributed by atoms with van der Waals surface area (Å²) in [5.41, 5.74) is 1.08. The Labute approximate surface area is 132 Å². The second-order valence-electron chi connectivity index (χ2n) is 5.13. The Morgan fingerprint density at radius 1 is 1.35 bits per heavy atom. The van der Waals surface area contributed by atoms with E-state index in [-0.39, 0.29) is 18.5 Å². The molecule has 118 valence electrons. The molecule has 3 aromatic rings. The Hall–Kier alpha value is -3.10. The van der Waals surface area contributed by atoms with Gasteiger partial charge in [0, 0.05) is 24.6 Å². The lowest BCUT2D eigenvalue weighted by molar-refractivity contribution is 0.0937. The Morgan fingerprint density at radius 2 is 2.22 bits per heavy atom. The predicted octanol–water partition coefficient (Wildman–Crippen LogP) is 0.969. The number of H-pyrrole nitrogens is 1. The molecule has 0 aliphatic carbocycles. The second kappa shape index (κ2) is 6.34. The molecule has 3 heterocycles. The molecule has 9 heteroatoms. The number of rotatable bonds is 5. The minimum absolute atomic E-state index is 0.110. The summed E-state index contributed by atoms with van der Waals surface area (Å²) < 4.78 is 1.67. The van der Waals surface area contributed by atoms with E-state index in [0.29, 0.717) is 23.0 Å². The Bertz CT molecular complexity index is 792. The van der Waals surface area contributed by atoms with Gasteiger partial charge in [-0.05, 0) is 19.9 Å². The minimum atomic E-state index is -0.214. The van der Waals surface area contributed by atoms with Gasteiger partial charge < -0.3 is 5.32 Å². The first-order valence-corrected chi connectivity index (χ1v) is 7.14. The summed E-state index contributed by atoms with van der Waals surface area (Å²) in [6.07, 6.45) is 6.33. The molecular formula is C14H16N8O. The topological polar surface area (TPSA) is 114 Å². The van der Waals surface area contributed by atoms with Gasteiger partial charge in [-0.15, -0.1) is 0 Å². The van der Waals surface area contributed by atoms with Crippen molar-refractivity contribution in [1.29, 1.82) is 0 Å². The zero-order chi connectivity index (χ0) is 16.2. The fourth-order valence-electron chi connectivity index (χ4n) is 2.06. The van der Waals surface area contributed by atoms with Gasteiger partial charge in [-0.3, -0.25) is 19.6 Å². The number of hydrogen-bond acceptors (Lipinski definition) is 6. The van der Waals surface area contributed by atoms with Crippen LogP contribution in [-0.2, 0) is 6.54 Å². The van der Waals surface area contributed by atoms with Gasteiger partial charge in [-0.25, -0.2) is 9.97 Å². The van der Waals surface area contributed by atoms with Crippen LogP contribution >= 0.6 is 0 Å². The van der Waals surface area contributed by atoms with E-state index in [4.69, 9.17) is 0 Å². The molecule has 0 saturated carbocycles. The van der Waals surface area contributed by atoms with Gasteiger partial charge in [-0.2, -0.15) is 10.2 Å². The van der Waals surface area contributed by atoms with E-state index in [9.17, 15) is 4.79 Å². The zero-order valence-corrected chi connectivity index (χ0v) is 12.8. The van der Waals surface area contributed by atoms with E-state index < -0.39 is 0 Å². The molecule has 0 aromatic carbocycles. The van der Waals surface area contributed by atoms with Crippen LogP contribution in [0.5, 0.6) is 0 Å². The summed E-state index contributed by atoms with van der Waals surface area (Å²) in [6.45, 7) is 4.16. The Morgan fingerprint density at radius 3 is 2.96 bits per heavy atom. The average Bonchev–Trinajstić information content (AvgIpc) is 3.23. The number of aromatic nitrogens is 7. The summed E-state index contributed by atoms with van der Waals surface area (Å²) in [4.78, 5) is 24.6. The van der Waals surface area contributed by atoms with E-state index in [2.05, 4.69) is 35.6 Å². The summed E-state index contributed by atoms with van der Waals surface area (Å²) >= 11 is 0. The van der Waals surface area contributed by atoms with Crippen LogP contribution in [0.2, 0.25) is 0 Å². The number of carbonyl (C=O) groups is 1. The summed E-state index contributed by atoms with van der Waals surface area (Å²) in [7, 11) is 0. The van der Waals surface area contributed by atoms with Crippen LogP contribution in [-0.4, -0.2) is 40.8 Å². The third kappa shape index (κ3) is 3.23. The highest BCUT2D eigenvalue weighted by Crippen LogP contribution is 2.10. The molecule has 0 spiro atoms. The molecule has 2 N–H and O–H groups in total. The molecule has 0 radical (unpaired) electrons. The molecule has 0 saturated heterocycles. The maximum Gasteiger partial charge on any atom is 0.269 e. The number of carbonyl (C=O) groups excluding carboxylic acids is 1. The van der Waals surface area contributed by atoms with Crippen molar-refractivity contribution >= 4 is 5.91 Å². The van der Waals surface area contributed by atoms with Crippen LogP contribution in [0.4, 0.5) is 0 Å². The summed E-state index contributed by atoms with van der Waals surface area (Å²) in [5, 5.41) is 13.8. The molecule has 0 fully saturated rings. The van der Waals surface area contributed by atoms with Crippen LogP contribution in [0.3, 0.4) is 0 Å².